The summed E-state index contributed by atoms with van der Waals surface area (Å²) in [6.45, 7) is 20.2. The van der Waals surface area contributed by atoms with Gasteiger partial charge in [0.05, 0.1) is 11.6 Å². The summed E-state index contributed by atoms with van der Waals surface area (Å²) >= 11 is 0. The Labute approximate surface area is 301 Å². The summed E-state index contributed by atoms with van der Waals surface area (Å²) in [5.74, 6) is 1.64. The fraction of sp³-hybridized carbons (Fsp3) is 0.261. The Hall–Kier alpha value is -5.60. The van der Waals surface area contributed by atoms with Crippen molar-refractivity contribution < 1.29 is 4.42 Å². The molecule has 0 aliphatic heterocycles. The Morgan fingerprint density at radius 3 is 1.45 bits per heavy atom. The van der Waals surface area contributed by atoms with Crippen LogP contribution >= 0.6 is 0 Å². The van der Waals surface area contributed by atoms with Crippen LogP contribution in [0.5, 0.6) is 0 Å². The van der Waals surface area contributed by atoms with Crippen LogP contribution in [0.3, 0.4) is 0 Å². The molecule has 0 radical (unpaired) electrons. The molecule has 2 heterocycles. The molecule has 5 nitrogen and oxygen atoms in total. The maximum absolute atomic E-state index is 10.4. The maximum Gasteiger partial charge on any atom is 0.164 e. The molecule has 0 bridgehead atoms. The molecule has 0 N–H and O–H groups in total. The lowest BCUT2D eigenvalue weighted by atomic mass is 9.79. The number of hydrogen-bond acceptors (Lipinski definition) is 5. The van der Waals surface area contributed by atoms with Crippen LogP contribution in [-0.4, -0.2) is 15.0 Å². The Morgan fingerprint density at radius 1 is 0.490 bits per heavy atom. The van der Waals surface area contributed by atoms with Gasteiger partial charge in [-0.25, -0.2) is 15.0 Å². The molecule has 0 spiro atoms. The van der Waals surface area contributed by atoms with Gasteiger partial charge in [-0.3, -0.25) is 0 Å². The molecule has 0 amide bonds. The lowest BCUT2D eigenvalue weighted by Gasteiger charge is -2.25. The molecule has 2 aromatic heterocycles. The van der Waals surface area contributed by atoms with Gasteiger partial charge in [0.25, 0.3) is 0 Å². The summed E-state index contributed by atoms with van der Waals surface area (Å²) in [6.07, 6.45) is 0. The van der Waals surface area contributed by atoms with Gasteiger partial charge >= 0.3 is 0 Å². The van der Waals surface area contributed by atoms with Crippen molar-refractivity contribution in [3.8, 4) is 51.4 Å². The van der Waals surface area contributed by atoms with Gasteiger partial charge in [0.2, 0.25) is 0 Å². The van der Waals surface area contributed by atoms with Crippen molar-refractivity contribution >= 4 is 21.9 Å². The first-order valence-electron chi connectivity index (χ1n) is 17.6. The van der Waals surface area contributed by atoms with E-state index >= 15 is 0 Å². The molecule has 5 heteroatoms. The summed E-state index contributed by atoms with van der Waals surface area (Å²) in [5, 5.41) is 12.6. The van der Waals surface area contributed by atoms with Crippen LogP contribution < -0.4 is 0 Å². The van der Waals surface area contributed by atoms with Crippen molar-refractivity contribution in [2.75, 3.05) is 0 Å². The van der Waals surface area contributed by atoms with Gasteiger partial charge in [-0.15, -0.1) is 0 Å². The molecule has 0 saturated heterocycles. The number of hydrogen-bond donors (Lipinski definition) is 0. The van der Waals surface area contributed by atoms with Crippen LogP contribution in [0.15, 0.2) is 108 Å². The fourth-order valence-electron chi connectivity index (χ4n) is 6.53. The van der Waals surface area contributed by atoms with Gasteiger partial charge in [0, 0.05) is 38.6 Å². The highest BCUT2D eigenvalue weighted by Crippen LogP contribution is 2.45. The number of furan rings is 1. The molecule has 5 aromatic carbocycles. The van der Waals surface area contributed by atoms with E-state index < -0.39 is 0 Å². The van der Waals surface area contributed by atoms with Gasteiger partial charge in [-0.1, -0.05) is 129 Å². The van der Waals surface area contributed by atoms with Crippen LogP contribution in [0.25, 0.3) is 67.2 Å². The molecular weight excluding hydrogens is 625 g/mol. The van der Waals surface area contributed by atoms with Gasteiger partial charge in [0.15, 0.2) is 17.5 Å². The van der Waals surface area contributed by atoms with Crippen LogP contribution in [0.1, 0.15) is 84.6 Å². The summed E-state index contributed by atoms with van der Waals surface area (Å²) in [4.78, 5) is 14.8. The van der Waals surface area contributed by atoms with Crippen LogP contribution in [0, 0.1) is 11.3 Å². The monoisotopic (exact) mass is 668 g/mol. The third-order valence-corrected chi connectivity index (χ3v) is 9.54. The minimum Gasteiger partial charge on any atom is -0.455 e. The molecule has 0 atom stereocenters. The van der Waals surface area contributed by atoms with E-state index in [4.69, 9.17) is 19.4 Å². The fourth-order valence-corrected chi connectivity index (χ4v) is 6.53. The lowest BCUT2D eigenvalue weighted by Crippen LogP contribution is -2.16. The third-order valence-electron chi connectivity index (χ3n) is 9.54. The normalized spacial score (nSPS) is 12.4. The predicted octanol–water partition coefficient (Wildman–Crippen LogP) is 12.2. The van der Waals surface area contributed by atoms with Crippen molar-refractivity contribution in [1.82, 2.24) is 15.0 Å². The van der Waals surface area contributed by atoms with E-state index in [-0.39, 0.29) is 16.2 Å². The summed E-state index contributed by atoms with van der Waals surface area (Å²) in [5.41, 5.74) is 9.88. The minimum atomic E-state index is -0.139. The zero-order valence-electron chi connectivity index (χ0n) is 31.0. The third kappa shape index (κ3) is 6.55. The minimum absolute atomic E-state index is 0.0416. The second kappa shape index (κ2) is 12.3. The van der Waals surface area contributed by atoms with Crippen molar-refractivity contribution in [2.24, 2.45) is 0 Å². The molecular formula is C46H44N4O. The average molecular weight is 669 g/mol. The van der Waals surface area contributed by atoms with Crippen molar-refractivity contribution in [2.45, 2.75) is 78.6 Å². The number of nitrogens with zero attached hydrogens (tertiary/aromatic N) is 4. The zero-order valence-corrected chi connectivity index (χ0v) is 31.0. The number of benzene rings is 5. The van der Waals surface area contributed by atoms with E-state index in [9.17, 15) is 5.26 Å². The van der Waals surface area contributed by atoms with Gasteiger partial charge in [-0.05, 0) is 69.3 Å². The van der Waals surface area contributed by atoms with E-state index in [1.54, 1.807) is 0 Å². The zero-order chi connectivity index (χ0) is 36.3. The predicted molar refractivity (Wildman–Crippen MR) is 210 cm³/mol. The number of fused-ring (bicyclic) bond motifs is 3. The number of rotatable bonds is 4. The molecule has 0 fully saturated rings. The first-order chi connectivity index (χ1) is 24.1. The van der Waals surface area contributed by atoms with Crippen LogP contribution in [-0.2, 0) is 16.2 Å². The second-order valence-corrected chi connectivity index (χ2v) is 16.6. The Balaban J connectivity index is 1.53. The second-order valence-electron chi connectivity index (χ2n) is 16.6. The molecule has 51 heavy (non-hydrogen) atoms. The highest BCUT2D eigenvalue weighted by atomic mass is 16.3. The topological polar surface area (TPSA) is 75.6 Å². The molecule has 254 valence electrons. The molecule has 0 saturated carbocycles. The standard InChI is InChI=1S/C46H44N4O/c1-44(2,3)33-23-35(39-36(24-33)37-25-34(45(4,5)6)26-38(40(37)51-39)46(7,8)9)31-20-28(27-47)21-32(22-31)43-49-41(29-16-12-10-13-17-29)48-42(50-43)30-18-14-11-15-19-30/h10-26H,1-9H3. The van der Waals surface area contributed by atoms with Gasteiger partial charge in [0.1, 0.15) is 11.2 Å². The highest BCUT2D eigenvalue weighted by molar-refractivity contribution is 6.11. The number of nitriles is 1. The summed E-state index contributed by atoms with van der Waals surface area (Å²) < 4.78 is 6.98. The van der Waals surface area contributed by atoms with E-state index in [2.05, 4.69) is 98.7 Å². The van der Waals surface area contributed by atoms with Gasteiger partial charge < -0.3 is 4.42 Å². The van der Waals surface area contributed by atoms with E-state index in [0.717, 1.165) is 49.8 Å². The van der Waals surface area contributed by atoms with E-state index in [1.807, 2.05) is 72.8 Å². The molecule has 7 rings (SSSR count). The largest absolute Gasteiger partial charge is 0.455 e. The Kier molecular flexibility index (Phi) is 8.18. The average Bonchev–Trinajstić information content (AvgIpc) is 3.48. The van der Waals surface area contributed by atoms with Crippen molar-refractivity contribution in [3.05, 3.63) is 125 Å². The Bertz CT molecular complexity index is 2410. The molecule has 0 aliphatic rings. The summed E-state index contributed by atoms with van der Waals surface area (Å²) in [7, 11) is 0. The van der Waals surface area contributed by atoms with E-state index in [0.29, 0.717) is 23.0 Å². The van der Waals surface area contributed by atoms with E-state index in [1.165, 1.54) is 16.7 Å². The van der Waals surface area contributed by atoms with Crippen LogP contribution in [0.2, 0.25) is 0 Å². The van der Waals surface area contributed by atoms with Crippen molar-refractivity contribution in [3.63, 3.8) is 0 Å². The summed E-state index contributed by atoms with van der Waals surface area (Å²) in [6, 6.07) is 37.3. The molecule has 0 unspecified atom stereocenters. The Morgan fingerprint density at radius 2 is 0.961 bits per heavy atom. The highest BCUT2D eigenvalue weighted by Gasteiger charge is 2.28. The lowest BCUT2D eigenvalue weighted by molar-refractivity contribution is 0.559. The smallest absolute Gasteiger partial charge is 0.164 e. The number of aromatic nitrogens is 3. The molecule has 7 aromatic rings. The van der Waals surface area contributed by atoms with Crippen molar-refractivity contribution in [1.29, 1.82) is 5.26 Å². The maximum atomic E-state index is 10.4. The van der Waals surface area contributed by atoms with Gasteiger partial charge in [-0.2, -0.15) is 5.26 Å². The quantitative estimate of drug-likeness (QED) is 0.187. The first-order valence-corrected chi connectivity index (χ1v) is 17.6. The SMILES string of the molecule is CC(C)(C)c1cc(-c2cc(C#N)cc(-c3nc(-c4ccccc4)nc(-c4ccccc4)n3)c2)c2oc3c(C(C)(C)C)cc(C(C)(C)C)cc3c2c1. The first kappa shape index (κ1) is 33.9. The molecule has 0 aliphatic carbocycles. The van der Waals surface area contributed by atoms with Crippen LogP contribution in [0.4, 0.5) is 0 Å².